The van der Waals surface area contributed by atoms with Crippen molar-refractivity contribution in [1.29, 1.82) is 0 Å². The predicted molar refractivity (Wildman–Crippen MR) is 64.2 cm³/mol. The second-order valence-corrected chi connectivity index (χ2v) is 3.89. The summed E-state index contributed by atoms with van der Waals surface area (Å²) in [5.74, 6) is -1.06. The molecule has 1 aromatic carbocycles. The van der Waals surface area contributed by atoms with E-state index < -0.39 is 11.6 Å². The van der Waals surface area contributed by atoms with Crippen LogP contribution in [0.4, 0.5) is 8.78 Å². The second-order valence-electron chi connectivity index (χ2n) is 3.89. The highest BCUT2D eigenvalue weighted by molar-refractivity contribution is 5.24. The van der Waals surface area contributed by atoms with Crippen LogP contribution < -0.4 is 10.1 Å². The van der Waals surface area contributed by atoms with Gasteiger partial charge in [0.25, 0.3) is 0 Å². The quantitative estimate of drug-likeness (QED) is 0.743. The van der Waals surface area contributed by atoms with Crippen molar-refractivity contribution in [1.82, 2.24) is 5.32 Å². The lowest BCUT2D eigenvalue weighted by Gasteiger charge is -2.15. The summed E-state index contributed by atoms with van der Waals surface area (Å²) >= 11 is 0. The van der Waals surface area contributed by atoms with Gasteiger partial charge in [0.05, 0.1) is 0 Å². The predicted octanol–water partition coefficient (Wildman–Crippen LogP) is 3.12. The van der Waals surface area contributed by atoms with Gasteiger partial charge in [-0.05, 0) is 25.0 Å². The lowest BCUT2D eigenvalue weighted by atomic mass is 10.2. The minimum atomic E-state index is -0.533. The Morgan fingerprint density at radius 1 is 1.24 bits per heavy atom. The number of nitrogens with one attached hydrogen (secondary N) is 1. The van der Waals surface area contributed by atoms with Crippen LogP contribution >= 0.6 is 0 Å². The fourth-order valence-corrected chi connectivity index (χ4v) is 1.59. The van der Waals surface area contributed by atoms with E-state index in [0.29, 0.717) is 19.2 Å². The highest BCUT2D eigenvalue weighted by Gasteiger charge is 2.05. The first kappa shape index (κ1) is 13.9. The molecule has 0 fully saturated rings. The summed E-state index contributed by atoms with van der Waals surface area (Å²) in [4.78, 5) is 0. The first-order valence-corrected chi connectivity index (χ1v) is 5.98. The Labute approximate surface area is 101 Å². The average molecular weight is 243 g/mol. The molecule has 0 aliphatic rings. The smallest absolute Gasteiger partial charge is 0.165 e. The molecule has 0 saturated carbocycles. The Bertz CT molecular complexity index is 340. The SMILES string of the molecule is CCC(CC)NCCOc1cc(F)ccc1F. The van der Waals surface area contributed by atoms with Gasteiger partial charge in [-0.25, -0.2) is 8.78 Å². The zero-order valence-electron chi connectivity index (χ0n) is 10.3. The Morgan fingerprint density at radius 2 is 1.94 bits per heavy atom. The van der Waals surface area contributed by atoms with E-state index >= 15 is 0 Å². The van der Waals surface area contributed by atoms with E-state index in [1.54, 1.807) is 0 Å². The van der Waals surface area contributed by atoms with Crippen molar-refractivity contribution in [2.45, 2.75) is 32.7 Å². The molecule has 1 aromatic rings. The van der Waals surface area contributed by atoms with E-state index in [1.165, 1.54) is 0 Å². The van der Waals surface area contributed by atoms with Crippen LogP contribution in [0.25, 0.3) is 0 Å². The highest BCUT2D eigenvalue weighted by Crippen LogP contribution is 2.17. The summed E-state index contributed by atoms with van der Waals surface area (Å²) in [6.45, 7) is 5.17. The molecular weight excluding hydrogens is 224 g/mol. The molecule has 1 N–H and O–H groups in total. The highest BCUT2D eigenvalue weighted by atomic mass is 19.1. The lowest BCUT2D eigenvalue weighted by Crippen LogP contribution is -2.31. The first-order valence-electron chi connectivity index (χ1n) is 5.98. The molecule has 0 aromatic heterocycles. The maximum atomic E-state index is 13.2. The van der Waals surface area contributed by atoms with Crippen LogP contribution in [-0.4, -0.2) is 19.2 Å². The lowest BCUT2D eigenvalue weighted by molar-refractivity contribution is 0.287. The summed E-state index contributed by atoms with van der Waals surface area (Å²) in [7, 11) is 0. The Hall–Kier alpha value is -1.16. The largest absolute Gasteiger partial charge is 0.489 e. The molecule has 2 nitrogen and oxygen atoms in total. The van der Waals surface area contributed by atoms with Gasteiger partial charge in [-0.1, -0.05) is 13.8 Å². The molecule has 0 spiro atoms. The van der Waals surface area contributed by atoms with Crippen molar-refractivity contribution in [2.24, 2.45) is 0 Å². The zero-order chi connectivity index (χ0) is 12.7. The summed E-state index contributed by atoms with van der Waals surface area (Å²) in [5.41, 5.74) is 0. The molecule has 0 radical (unpaired) electrons. The molecule has 1 rings (SSSR count). The molecule has 96 valence electrons. The zero-order valence-corrected chi connectivity index (χ0v) is 10.3. The molecule has 0 unspecified atom stereocenters. The van der Waals surface area contributed by atoms with Gasteiger partial charge in [-0.3, -0.25) is 0 Å². The molecular formula is C13H19F2NO. The molecule has 0 aliphatic heterocycles. The molecule has 0 atom stereocenters. The second kappa shape index (κ2) is 7.22. The fraction of sp³-hybridized carbons (Fsp3) is 0.538. The Balaban J connectivity index is 2.33. The molecule has 0 saturated heterocycles. The van der Waals surface area contributed by atoms with Gasteiger partial charge in [0.1, 0.15) is 12.4 Å². The molecule has 0 aliphatic carbocycles. The number of benzene rings is 1. The standard InChI is InChI=1S/C13H19F2NO/c1-3-11(4-2)16-7-8-17-13-9-10(14)5-6-12(13)15/h5-6,9,11,16H,3-4,7-8H2,1-2H3. The van der Waals surface area contributed by atoms with Crippen LogP contribution in [0, 0.1) is 11.6 Å². The monoisotopic (exact) mass is 243 g/mol. The fourth-order valence-electron chi connectivity index (χ4n) is 1.59. The Morgan fingerprint density at radius 3 is 2.59 bits per heavy atom. The molecule has 17 heavy (non-hydrogen) atoms. The molecule has 0 amide bonds. The van der Waals surface area contributed by atoms with Crippen molar-refractivity contribution in [3.05, 3.63) is 29.8 Å². The normalized spacial score (nSPS) is 10.9. The Kier molecular flexibility index (Phi) is 5.91. The number of ether oxygens (including phenoxy) is 1. The van der Waals surface area contributed by atoms with E-state index in [0.717, 1.165) is 31.0 Å². The van der Waals surface area contributed by atoms with Crippen LogP contribution in [0.2, 0.25) is 0 Å². The van der Waals surface area contributed by atoms with E-state index in [1.807, 2.05) is 0 Å². The van der Waals surface area contributed by atoms with Gasteiger partial charge in [-0.2, -0.15) is 0 Å². The summed E-state index contributed by atoms with van der Waals surface area (Å²) in [6.07, 6.45) is 2.09. The minimum Gasteiger partial charge on any atom is -0.489 e. The third-order valence-corrected chi connectivity index (χ3v) is 2.67. The minimum absolute atomic E-state index is 0.0312. The third-order valence-electron chi connectivity index (χ3n) is 2.67. The van der Waals surface area contributed by atoms with Gasteiger partial charge in [0.2, 0.25) is 0 Å². The van der Waals surface area contributed by atoms with Crippen molar-refractivity contribution < 1.29 is 13.5 Å². The van der Waals surface area contributed by atoms with Gasteiger partial charge in [0.15, 0.2) is 11.6 Å². The van der Waals surface area contributed by atoms with Crippen molar-refractivity contribution in [3.8, 4) is 5.75 Å². The van der Waals surface area contributed by atoms with Crippen LogP contribution in [0.15, 0.2) is 18.2 Å². The van der Waals surface area contributed by atoms with Crippen LogP contribution in [-0.2, 0) is 0 Å². The van der Waals surface area contributed by atoms with Crippen LogP contribution in [0.5, 0.6) is 5.75 Å². The van der Waals surface area contributed by atoms with Crippen LogP contribution in [0.3, 0.4) is 0 Å². The van der Waals surface area contributed by atoms with Crippen LogP contribution in [0.1, 0.15) is 26.7 Å². The number of halogens is 2. The van der Waals surface area contributed by atoms with E-state index in [9.17, 15) is 8.78 Å². The van der Waals surface area contributed by atoms with Crippen molar-refractivity contribution in [2.75, 3.05) is 13.2 Å². The summed E-state index contributed by atoms with van der Waals surface area (Å²) in [5, 5.41) is 3.28. The maximum Gasteiger partial charge on any atom is 0.165 e. The molecule has 4 heteroatoms. The summed E-state index contributed by atoms with van der Waals surface area (Å²) in [6, 6.07) is 3.66. The number of hydrogen-bond donors (Lipinski definition) is 1. The number of hydrogen-bond acceptors (Lipinski definition) is 2. The number of rotatable bonds is 7. The maximum absolute atomic E-state index is 13.2. The third kappa shape index (κ3) is 4.69. The van der Waals surface area contributed by atoms with Crippen molar-refractivity contribution in [3.63, 3.8) is 0 Å². The average Bonchev–Trinajstić information content (AvgIpc) is 2.33. The van der Waals surface area contributed by atoms with Gasteiger partial charge in [0, 0.05) is 18.7 Å². The topological polar surface area (TPSA) is 21.3 Å². The van der Waals surface area contributed by atoms with E-state index in [4.69, 9.17) is 4.74 Å². The first-order chi connectivity index (χ1) is 8.17. The summed E-state index contributed by atoms with van der Waals surface area (Å²) < 4.78 is 31.2. The molecule has 0 bridgehead atoms. The van der Waals surface area contributed by atoms with E-state index in [-0.39, 0.29) is 5.75 Å². The van der Waals surface area contributed by atoms with Gasteiger partial charge < -0.3 is 10.1 Å². The van der Waals surface area contributed by atoms with E-state index in [2.05, 4.69) is 19.2 Å². The van der Waals surface area contributed by atoms with Gasteiger partial charge in [-0.15, -0.1) is 0 Å². The van der Waals surface area contributed by atoms with Gasteiger partial charge >= 0.3 is 0 Å². The molecule has 0 heterocycles. The van der Waals surface area contributed by atoms with Crippen molar-refractivity contribution >= 4 is 0 Å².